The van der Waals surface area contributed by atoms with Crippen molar-refractivity contribution in [2.45, 2.75) is 6.42 Å². The predicted octanol–water partition coefficient (Wildman–Crippen LogP) is 3.18. The molecule has 0 aliphatic heterocycles. The number of rotatable bonds is 5. The molecule has 1 amide bonds. The lowest BCUT2D eigenvalue weighted by molar-refractivity contribution is 0.0959. The number of Topliss-reactive ketones (excluding diaryl/α,β-unsaturated/α-hetero) is 1. The standard InChI is InChI=1S/C18H14ClN3O3/c1-20-18(24)16-15(10-14(23)13-4-2-3-9-21-13)25-22-17(16)11-5-7-12(19)8-6-11/h2-9H,10H2,1H3,(H,20,24). The number of benzene rings is 1. The third-order valence-corrected chi connectivity index (χ3v) is 3.86. The summed E-state index contributed by atoms with van der Waals surface area (Å²) < 4.78 is 5.30. The van der Waals surface area contributed by atoms with Crippen LogP contribution in [0.3, 0.4) is 0 Å². The van der Waals surface area contributed by atoms with E-state index < -0.39 is 0 Å². The minimum atomic E-state index is -0.380. The molecule has 1 aromatic carbocycles. The van der Waals surface area contributed by atoms with Gasteiger partial charge in [0.1, 0.15) is 17.0 Å². The molecule has 2 aromatic heterocycles. The third-order valence-electron chi connectivity index (χ3n) is 3.61. The number of pyridine rings is 1. The van der Waals surface area contributed by atoms with Crippen LogP contribution in [0.15, 0.2) is 53.2 Å². The van der Waals surface area contributed by atoms with E-state index in [1.807, 2.05) is 0 Å². The lowest BCUT2D eigenvalue weighted by Crippen LogP contribution is -2.20. The summed E-state index contributed by atoms with van der Waals surface area (Å²) in [4.78, 5) is 28.7. The summed E-state index contributed by atoms with van der Waals surface area (Å²) in [6.45, 7) is 0. The fourth-order valence-electron chi connectivity index (χ4n) is 2.37. The summed E-state index contributed by atoms with van der Waals surface area (Å²) in [6.07, 6.45) is 1.42. The van der Waals surface area contributed by atoms with Gasteiger partial charge in [-0.1, -0.05) is 35.0 Å². The maximum absolute atomic E-state index is 12.4. The van der Waals surface area contributed by atoms with E-state index in [2.05, 4.69) is 15.5 Å². The molecule has 1 N–H and O–H groups in total. The van der Waals surface area contributed by atoms with Crippen LogP contribution < -0.4 is 5.32 Å². The highest BCUT2D eigenvalue weighted by Crippen LogP contribution is 2.27. The zero-order valence-electron chi connectivity index (χ0n) is 13.3. The van der Waals surface area contributed by atoms with E-state index in [-0.39, 0.29) is 29.4 Å². The summed E-state index contributed by atoms with van der Waals surface area (Å²) in [5.41, 5.74) is 1.56. The molecular formula is C18H14ClN3O3. The minimum Gasteiger partial charge on any atom is -0.359 e. The Bertz CT molecular complexity index is 905. The van der Waals surface area contributed by atoms with Crippen LogP contribution in [-0.2, 0) is 6.42 Å². The molecular weight excluding hydrogens is 342 g/mol. The average Bonchev–Trinajstić information content (AvgIpc) is 3.06. The molecule has 0 aliphatic carbocycles. The first-order valence-corrected chi connectivity index (χ1v) is 7.88. The monoisotopic (exact) mass is 355 g/mol. The first-order valence-electron chi connectivity index (χ1n) is 7.51. The van der Waals surface area contributed by atoms with Crippen LogP contribution in [0, 0.1) is 0 Å². The molecule has 0 spiro atoms. The molecule has 3 rings (SSSR count). The molecule has 6 nitrogen and oxygen atoms in total. The second-order valence-corrected chi connectivity index (χ2v) is 5.67. The first kappa shape index (κ1) is 16.9. The van der Waals surface area contributed by atoms with Crippen LogP contribution in [0.4, 0.5) is 0 Å². The van der Waals surface area contributed by atoms with Gasteiger partial charge in [0.25, 0.3) is 5.91 Å². The highest BCUT2D eigenvalue weighted by atomic mass is 35.5. The van der Waals surface area contributed by atoms with Crippen molar-refractivity contribution < 1.29 is 14.1 Å². The normalized spacial score (nSPS) is 10.5. The highest BCUT2D eigenvalue weighted by Gasteiger charge is 2.25. The highest BCUT2D eigenvalue weighted by molar-refractivity contribution is 6.30. The number of amides is 1. The Morgan fingerprint density at radius 2 is 1.92 bits per heavy atom. The van der Waals surface area contributed by atoms with Crippen LogP contribution in [0.5, 0.6) is 0 Å². The first-order chi connectivity index (χ1) is 12.1. The summed E-state index contributed by atoms with van der Waals surface area (Å²) >= 11 is 5.90. The Morgan fingerprint density at radius 3 is 2.56 bits per heavy atom. The van der Waals surface area contributed by atoms with Crippen molar-refractivity contribution in [3.8, 4) is 11.3 Å². The van der Waals surface area contributed by atoms with Gasteiger partial charge in [-0.2, -0.15) is 0 Å². The van der Waals surface area contributed by atoms with Gasteiger partial charge in [0.2, 0.25) is 0 Å². The third kappa shape index (κ3) is 3.59. The van der Waals surface area contributed by atoms with Crippen molar-refractivity contribution >= 4 is 23.3 Å². The maximum Gasteiger partial charge on any atom is 0.256 e. The van der Waals surface area contributed by atoms with E-state index in [4.69, 9.17) is 16.1 Å². The van der Waals surface area contributed by atoms with E-state index >= 15 is 0 Å². The van der Waals surface area contributed by atoms with Gasteiger partial charge in [0, 0.05) is 23.8 Å². The topological polar surface area (TPSA) is 85.1 Å². The molecule has 0 aliphatic rings. The fourth-order valence-corrected chi connectivity index (χ4v) is 2.50. The number of hydrogen-bond acceptors (Lipinski definition) is 5. The second-order valence-electron chi connectivity index (χ2n) is 5.23. The summed E-state index contributed by atoms with van der Waals surface area (Å²) in [5, 5.41) is 7.10. The predicted molar refractivity (Wildman–Crippen MR) is 92.6 cm³/mol. The van der Waals surface area contributed by atoms with Gasteiger partial charge in [-0.15, -0.1) is 0 Å². The molecule has 2 heterocycles. The molecule has 126 valence electrons. The summed E-state index contributed by atoms with van der Waals surface area (Å²) in [7, 11) is 1.51. The molecule has 3 aromatic rings. The van der Waals surface area contributed by atoms with Crippen LogP contribution in [0.1, 0.15) is 26.6 Å². The largest absolute Gasteiger partial charge is 0.359 e. The van der Waals surface area contributed by atoms with Gasteiger partial charge in [-0.3, -0.25) is 14.6 Å². The molecule has 0 fully saturated rings. The van der Waals surface area contributed by atoms with Gasteiger partial charge in [0.05, 0.1) is 6.42 Å². The SMILES string of the molecule is CNC(=O)c1c(-c2ccc(Cl)cc2)noc1CC(=O)c1ccccn1. The second kappa shape index (κ2) is 7.27. The Kier molecular flexibility index (Phi) is 4.90. The smallest absolute Gasteiger partial charge is 0.256 e. The van der Waals surface area contributed by atoms with Crippen LogP contribution in [-0.4, -0.2) is 28.9 Å². The molecule has 0 radical (unpaired) electrons. The molecule has 0 atom stereocenters. The van der Waals surface area contributed by atoms with Gasteiger partial charge < -0.3 is 9.84 Å². The number of nitrogens with one attached hydrogen (secondary N) is 1. The zero-order chi connectivity index (χ0) is 17.8. The van der Waals surface area contributed by atoms with E-state index in [0.717, 1.165) is 0 Å². The molecule has 0 unspecified atom stereocenters. The zero-order valence-corrected chi connectivity index (χ0v) is 14.1. The van der Waals surface area contributed by atoms with Gasteiger partial charge >= 0.3 is 0 Å². The average molecular weight is 356 g/mol. The van der Waals surface area contributed by atoms with Crippen LogP contribution in [0.25, 0.3) is 11.3 Å². The minimum absolute atomic E-state index is 0.111. The Morgan fingerprint density at radius 1 is 1.16 bits per heavy atom. The van der Waals surface area contributed by atoms with Crippen molar-refractivity contribution in [2.75, 3.05) is 7.05 Å². The number of ketones is 1. The molecule has 7 heteroatoms. The van der Waals surface area contributed by atoms with Crippen molar-refractivity contribution in [2.24, 2.45) is 0 Å². The fraction of sp³-hybridized carbons (Fsp3) is 0.111. The number of carbonyl (C=O) groups is 2. The van der Waals surface area contributed by atoms with Gasteiger partial charge in [-0.25, -0.2) is 0 Å². The Hall–Kier alpha value is -2.99. The van der Waals surface area contributed by atoms with Crippen molar-refractivity contribution in [1.29, 1.82) is 0 Å². The maximum atomic E-state index is 12.4. The summed E-state index contributed by atoms with van der Waals surface area (Å²) in [5.74, 6) is -0.445. The Balaban J connectivity index is 1.98. The summed E-state index contributed by atoms with van der Waals surface area (Å²) in [6, 6.07) is 11.9. The van der Waals surface area contributed by atoms with Crippen molar-refractivity contribution in [3.63, 3.8) is 0 Å². The van der Waals surface area contributed by atoms with Crippen molar-refractivity contribution in [1.82, 2.24) is 15.5 Å². The van der Waals surface area contributed by atoms with E-state index in [1.165, 1.54) is 13.2 Å². The lowest BCUT2D eigenvalue weighted by atomic mass is 10.0. The number of hydrogen-bond donors (Lipinski definition) is 1. The quantitative estimate of drug-likeness (QED) is 0.710. The van der Waals surface area contributed by atoms with Gasteiger partial charge in [-0.05, 0) is 24.3 Å². The van der Waals surface area contributed by atoms with E-state index in [1.54, 1.807) is 42.5 Å². The lowest BCUT2D eigenvalue weighted by Gasteiger charge is -2.03. The van der Waals surface area contributed by atoms with Crippen molar-refractivity contribution in [3.05, 3.63) is 70.7 Å². The number of halogens is 1. The molecule has 0 bridgehead atoms. The van der Waals surface area contributed by atoms with E-state index in [9.17, 15) is 9.59 Å². The Labute approximate surface area is 148 Å². The number of aromatic nitrogens is 2. The molecule has 25 heavy (non-hydrogen) atoms. The number of carbonyl (C=O) groups excluding carboxylic acids is 2. The van der Waals surface area contributed by atoms with Crippen LogP contribution in [0.2, 0.25) is 5.02 Å². The van der Waals surface area contributed by atoms with Gasteiger partial charge in [0.15, 0.2) is 11.5 Å². The molecule has 0 saturated heterocycles. The van der Waals surface area contributed by atoms with Crippen LogP contribution >= 0.6 is 11.6 Å². The number of nitrogens with zero attached hydrogens (tertiary/aromatic N) is 2. The van der Waals surface area contributed by atoms with E-state index in [0.29, 0.717) is 22.0 Å². The molecule has 0 saturated carbocycles.